The first-order valence-electron chi connectivity index (χ1n) is 10.2. The highest BCUT2D eigenvalue weighted by Gasteiger charge is 2.30. The van der Waals surface area contributed by atoms with Gasteiger partial charge in [0.15, 0.2) is 0 Å². The van der Waals surface area contributed by atoms with Gasteiger partial charge < -0.3 is 14.2 Å². The van der Waals surface area contributed by atoms with Gasteiger partial charge in [0.25, 0.3) is 0 Å². The lowest BCUT2D eigenvalue weighted by Gasteiger charge is -2.22. The number of ether oxygens (including phenoxy) is 1. The van der Waals surface area contributed by atoms with Crippen molar-refractivity contribution in [2.75, 3.05) is 33.8 Å². The third-order valence-corrected chi connectivity index (χ3v) is 6.03. The van der Waals surface area contributed by atoms with E-state index in [-0.39, 0.29) is 5.91 Å². The number of hydrogen-bond donors (Lipinski definition) is 0. The van der Waals surface area contributed by atoms with Crippen molar-refractivity contribution in [2.45, 2.75) is 44.7 Å². The Kier molecular flexibility index (Phi) is 5.62. The highest BCUT2D eigenvalue weighted by atomic mass is 16.5. The molecule has 2 aliphatic heterocycles. The number of hydrogen-bond acceptors (Lipinski definition) is 5. The molecule has 0 radical (unpaired) electrons. The van der Waals surface area contributed by atoms with Crippen LogP contribution < -0.4 is 4.74 Å². The van der Waals surface area contributed by atoms with Crippen LogP contribution in [0.2, 0.25) is 0 Å². The van der Waals surface area contributed by atoms with Crippen molar-refractivity contribution in [1.29, 1.82) is 0 Å². The molecule has 1 saturated heterocycles. The molecule has 1 aromatic carbocycles. The summed E-state index contributed by atoms with van der Waals surface area (Å²) in [6, 6.07) is 8.27. The van der Waals surface area contributed by atoms with Gasteiger partial charge in [0.1, 0.15) is 17.4 Å². The molecule has 7 heteroatoms. The molecule has 0 N–H and O–H groups in total. The molecule has 3 heterocycles. The van der Waals surface area contributed by atoms with Gasteiger partial charge in [-0.15, -0.1) is 10.2 Å². The third-order valence-electron chi connectivity index (χ3n) is 6.03. The van der Waals surface area contributed by atoms with Crippen LogP contribution >= 0.6 is 0 Å². The molecule has 0 saturated carbocycles. The zero-order chi connectivity index (χ0) is 19.5. The lowest BCUT2D eigenvalue weighted by Crippen LogP contribution is -2.34. The number of nitrogens with zero attached hydrogens (tertiary/aromatic N) is 5. The quantitative estimate of drug-likeness (QED) is 0.791. The zero-order valence-electron chi connectivity index (χ0n) is 16.8. The van der Waals surface area contributed by atoms with E-state index in [1.165, 1.54) is 6.42 Å². The molecule has 2 aromatic rings. The Bertz CT molecular complexity index is 834. The number of amides is 1. The van der Waals surface area contributed by atoms with Gasteiger partial charge in [-0.3, -0.25) is 9.69 Å². The Balaban J connectivity index is 1.38. The Labute approximate surface area is 166 Å². The zero-order valence-corrected chi connectivity index (χ0v) is 16.8. The molecule has 0 unspecified atom stereocenters. The van der Waals surface area contributed by atoms with Crippen molar-refractivity contribution in [3.05, 3.63) is 41.5 Å². The summed E-state index contributed by atoms with van der Waals surface area (Å²) in [7, 11) is 3.83. The Hall–Kier alpha value is -2.41. The van der Waals surface area contributed by atoms with E-state index >= 15 is 0 Å². The smallest absolute Gasteiger partial charge is 0.222 e. The van der Waals surface area contributed by atoms with Gasteiger partial charge in [-0.2, -0.15) is 0 Å². The minimum absolute atomic E-state index is 0.198. The Morgan fingerprint density at radius 1 is 1.18 bits per heavy atom. The second kappa shape index (κ2) is 8.31. The molecule has 0 aliphatic carbocycles. The maximum absolute atomic E-state index is 12.8. The molecular weight excluding hydrogens is 354 g/mol. The van der Waals surface area contributed by atoms with Gasteiger partial charge in [-0.25, -0.2) is 0 Å². The van der Waals surface area contributed by atoms with Gasteiger partial charge in [0.05, 0.1) is 13.2 Å². The number of para-hydroxylation sites is 1. The number of benzene rings is 1. The maximum Gasteiger partial charge on any atom is 0.222 e. The van der Waals surface area contributed by atoms with Crippen LogP contribution in [0, 0.1) is 0 Å². The van der Waals surface area contributed by atoms with Crippen LogP contribution in [0.5, 0.6) is 5.75 Å². The molecule has 1 atom stereocenters. The number of carbonyl (C=O) groups is 1. The molecule has 28 heavy (non-hydrogen) atoms. The van der Waals surface area contributed by atoms with Crippen molar-refractivity contribution in [2.24, 2.45) is 0 Å². The molecule has 0 bridgehead atoms. The van der Waals surface area contributed by atoms with Crippen LogP contribution in [0.3, 0.4) is 0 Å². The summed E-state index contributed by atoms with van der Waals surface area (Å²) in [5, 5.41) is 8.93. The molecule has 1 aromatic heterocycles. The van der Waals surface area contributed by atoms with E-state index in [0.29, 0.717) is 25.4 Å². The van der Waals surface area contributed by atoms with Crippen LogP contribution in [-0.2, 0) is 24.2 Å². The van der Waals surface area contributed by atoms with E-state index in [1.807, 2.05) is 29.2 Å². The Morgan fingerprint density at radius 2 is 2.04 bits per heavy atom. The Morgan fingerprint density at radius 3 is 2.82 bits per heavy atom. The summed E-state index contributed by atoms with van der Waals surface area (Å²) >= 11 is 0. The predicted octanol–water partition coefficient (Wildman–Crippen LogP) is 2.07. The largest absolute Gasteiger partial charge is 0.496 e. The topological polar surface area (TPSA) is 63.5 Å². The number of fused-ring (bicyclic) bond motifs is 1. The SMILES string of the molecule is COc1ccccc1CCC(=O)N1CCc2nnc([C@@H]3CCCN3C)n2CC1. The first-order valence-corrected chi connectivity index (χ1v) is 10.2. The summed E-state index contributed by atoms with van der Waals surface area (Å²) in [6.07, 6.45) is 4.31. The molecule has 1 amide bonds. The van der Waals surface area contributed by atoms with Crippen LogP contribution in [0.1, 0.15) is 42.5 Å². The summed E-state index contributed by atoms with van der Waals surface area (Å²) < 4.78 is 7.65. The molecule has 0 spiro atoms. The number of carbonyl (C=O) groups excluding carboxylic acids is 1. The highest BCUT2D eigenvalue weighted by Crippen LogP contribution is 2.30. The molecule has 2 aliphatic rings. The molecular formula is C21H29N5O2. The van der Waals surface area contributed by atoms with Crippen molar-refractivity contribution < 1.29 is 9.53 Å². The predicted molar refractivity (Wildman–Crippen MR) is 106 cm³/mol. The number of aryl methyl sites for hydroxylation is 1. The van der Waals surface area contributed by atoms with E-state index in [0.717, 1.165) is 55.4 Å². The van der Waals surface area contributed by atoms with Gasteiger partial charge in [0.2, 0.25) is 5.91 Å². The standard InChI is InChI=1S/C21H29N5O2/c1-24-12-5-7-17(24)21-23-22-19-11-13-25(14-15-26(19)21)20(27)10-9-16-6-3-4-8-18(16)28-2/h3-4,6,8,17H,5,7,9-15H2,1-2H3/t17-/m0/s1. The average molecular weight is 383 g/mol. The lowest BCUT2D eigenvalue weighted by atomic mass is 10.1. The van der Waals surface area contributed by atoms with Crippen LogP contribution in [0.15, 0.2) is 24.3 Å². The number of likely N-dealkylation sites (tertiary alicyclic amines) is 1. The fraction of sp³-hybridized carbons (Fsp3) is 0.571. The second-order valence-electron chi connectivity index (χ2n) is 7.71. The van der Waals surface area contributed by atoms with Crippen molar-refractivity contribution >= 4 is 5.91 Å². The second-order valence-corrected chi connectivity index (χ2v) is 7.71. The summed E-state index contributed by atoms with van der Waals surface area (Å²) in [4.78, 5) is 17.2. The van der Waals surface area contributed by atoms with Crippen molar-refractivity contribution in [1.82, 2.24) is 24.6 Å². The van der Waals surface area contributed by atoms with Crippen LogP contribution in [0.4, 0.5) is 0 Å². The molecule has 4 rings (SSSR count). The number of methoxy groups -OCH3 is 1. The first kappa shape index (κ1) is 18.9. The average Bonchev–Trinajstić information content (AvgIpc) is 3.25. The lowest BCUT2D eigenvalue weighted by molar-refractivity contribution is -0.131. The minimum atomic E-state index is 0.198. The van der Waals surface area contributed by atoms with E-state index in [2.05, 4.69) is 26.7 Å². The number of aromatic nitrogens is 3. The molecule has 1 fully saturated rings. The van der Waals surface area contributed by atoms with E-state index in [9.17, 15) is 4.79 Å². The summed E-state index contributed by atoms with van der Waals surface area (Å²) in [5.41, 5.74) is 1.08. The number of rotatable bonds is 5. The first-order chi connectivity index (χ1) is 13.7. The van der Waals surface area contributed by atoms with Crippen molar-refractivity contribution in [3.8, 4) is 5.75 Å². The monoisotopic (exact) mass is 383 g/mol. The van der Waals surface area contributed by atoms with Crippen molar-refractivity contribution in [3.63, 3.8) is 0 Å². The fourth-order valence-electron chi connectivity index (χ4n) is 4.39. The van der Waals surface area contributed by atoms with Gasteiger partial charge in [-0.05, 0) is 44.5 Å². The van der Waals surface area contributed by atoms with Crippen LogP contribution in [0.25, 0.3) is 0 Å². The summed E-state index contributed by atoms with van der Waals surface area (Å²) in [5.74, 6) is 3.13. The maximum atomic E-state index is 12.8. The fourth-order valence-corrected chi connectivity index (χ4v) is 4.39. The van der Waals surface area contributed by atoms with Gasteiger partial charge >= 0.3 is 0 Å². The van der Waals surface area contributed by atoms with E-state index in [1.54, 1.807) is 7.11 Å². The van der Waals surface area contributed by atoms with Crippen LogP contribution in [-0.4, -0.2) is 64.3 Å². The van der Waals surface area contributed by atoms with E-state index < -0.39 is 0 Å². The normalized spacial score (nSPS) is 20.1. The highest BCUT2D eigenvalue weighted by molar-refractivity contribution is 5.76. The molecule has 150 valence electrons. The minimum Gasteiger partial charge on any atom is -0.496 e. The third kappa shape index (κ3) is 3.76. The molecule has 7 nitrogen and oxygen atoms in total. The van der Waals surface area contributed by atoms with Gasteiger partial charge in [0, 0.05) is 32.5 Å². The van der Waals surface area contributed by atoms with Gasteiger partial charge in [-0.1, -0.05) is 18.2 Å². The van der Waals surface area contributed by atoms with E-state index in [4.69, 9.17) is 4.74 Å². The summed E-state index contributed by atoms with van der Waals surface area (Å²) in [6.45, 7) is 3.32.